The lowest BCUT2D eigenvalue weighted by Crippen LogP contribution is -2.37. The molecule has 2 aromatic heterocycles. The third kappa shape index (κ3) is 2.86. The first-order chi connectivity index (χ1) is 9.74. The molecule has 1 saturated heterocycles. The molecule has 0 aliphatic carbocycles. The molecule has 108 valence electrons. The van der Waals surface area contributed by atoms with Gasteiger partial charge >= 0.3 is 0 Å². The first-order valence-electron chi connectivity index (χ1n) is 7.62. The van der Waals surface area contributed by atoms with E-state index in [1.54, 1.807) is 0 Å². The lowest BCUT2D eigenvalue weighted by molar-refractivity contribution is 0.297. The van der Waals surface area contributed by atoms with Crippen molar-refractivity contribution in [3.63, 3.8) is 0 Å². The van der Waals surface area contributed by atoms with E-state index >= 15 is 0 Å². The summed E-state index contributed by atoms with van der Waals surface area (Å²) in [5.41, 5.74) is 3.43. The Bertz CT molecular complexity index is 569. The zero-order valence-corrected chi connectivity index (χ0v) is 12.5. The SMILES string of the molecule is Cc1nc2ccccn2c1CNC(C)CN1CCCC1. The molecule has 0 spiro atoms. The van der Waals surface area contributed by atoms with Gasteiger partial charge in [0.25, 0.3) is 0 Å². The van der Waals surface area contributed by atoms with Crippen LogP contribution in [0.5, 0.6) is 0 Å². The summed E-state index contributed by atoms with van der Waals surface area (Å²) in [7, 11) is 0. The Kier molecular flexibility index (Phi) is 4.03. The normalized spacial score (nSPS) is 17.9. The quantitative estimate of drug-likeness (QED) is 0.906. The number of likely N-dealkylation sites (tertiary alicyclic amines) is 1. The van der Waals surface area contributed by atoms with Crippen molar-refractivity contribution < 1.29 is 0 Å². The zero-order chi connectivity index (χ0) is 13.9. The van der Waals surface area contributed by atoms with Gasteiger partial charge in [0.15, 0.2) is 0 Å². The molecule has 4 heteroatoms. The predicted octanol–water partition coefficient (Wildman–Crippen LogP) is 2.22. The molecule has 1 atom stereocenters. The van der Waals surface area contributed by atoms with Crippen LogP contribution in [-0.4, -0.2) is 40.0 Å². The van der Waals surface area contributed by atoms with E-state index in [2.05, 4.69) is 51.8 Å². The second-order valence-electron chi connectivity index (χ2n) is 5.86. The Labute approximate surface area is 120 Å². The number of imidazole rings is 1. The highest BCUT2D eigenvalue weighted by molar-refractivity contribution is 5.42. The summed E-state index contributed by atoms with van der Waals surface area (Å²) in [6.07, 6.45) is 4.82. The largest absolute Gasteiger partial charge is 0.307 e. The number of fused-ring (bicyclic) bond motifs is 1. The van der Waals surface area contributed by atoms with Crippen LogP contribution in [0.2, 0.25) is 0 Å². The number of aryl methyl sites for hydroxylation is 1. The van der Waals surface area contributed by atoms with Gasteiger partial charge in [-0.3, -0.25) is 0 Å². The smallest absolute Gasteiger partial charge is 0.137 e. The van der Waals surface area contributed by atoms with Crippen LogP contribution in [0.4, 0.5) is 0 Å². The molecule has 1 N–H and O–H groups in total. The molecule has 2 aromatic rings. The molecule has 0 bridgehead atoms. The Morgan fingerprint density at radius 1 is 1.30 bits per heavy atom. The Morgan fingerprint density at radius 2 is 2.10 bits per heavy atom. The van der Waals surface area contributed by atoms with E-state index in [4.69, 9.17) is 0 Å². The van der Waals surface area contributed by atoms with E-state index in [-0.39, 0.29) is 0 Å². The van der Waals surface area contributed by atoms with Gasteiger partial charge < -0.3 is 14.6 Å². The highest BCUT2D eigenvalue weighted by Crippen LogP contribution is 2.12. The molecule has 3 rings (SSSR count). The lowest BCUT2D eigenvalue weighted by atomic mass is 10.2. The van der Waals surface area contributed by atoms with Crippen LogP contribution >= 0.6 is 0 Å². The fourth-order valence-electron chi connectivity index (χ4n) is 3.07. The van der Waals surface area contributed by atoms with Gasteiger partial charge in [0.2, 0.25) is 0 Å². The molecule has 1 fully saturated rings. The van der Waals surface area contributed by atoms with Crippen LogP contribution in [0.3, 0.4) is 0 Å². The fraction of sp³-hybridized carbons (Fsp3) is 0.562. The number of hydrogen-bond acceptors (Lipinski definition) is 3. The summed E-state index contributed by atoms with van der Waals surface area (Å²) in [4.78, 5) is 7.16. The van der Waals surface area contributed by atoms with E-state index in [1.807, 2.05) is 6.07 Å². The second kappa shape index (κ2) is 5.94. The van der Waals surface area contributed by atoms with Crippen molar-refractivity contribution in [2.24, 2.45) is 0 Å². The minimum absolute atomic E-state index is 0.516. The van der Waals surface area contributed by atoms with E-state index in [0.717, 1.165) is 24.4 Å². The van der Waals surface area contributed by atoms with Crippen LogP contribution in [0.25, 0.3) is 5.65 Å². The highest BCUT2D eigenvalue weighted by atomic mass is 15.2. The van der Waals surface area contributed by atoms with Gasteiger partial charge in [-0.2, -0.15) is 0 Å². The molecule has 0 radical (unpaired) electrons. The molecule has 1 unspecified atom stereocenters. The fourth-order valence-corrected chi connectivity index (χ4v) is 3.07. The Morgan fingerprint density at radius 3 is 2.90 bits per heavy atom. The van der Waals surface area contributed by atoms with Crippen LogP contribution in [-0.2, 0) is 6.54 Å². The molecule has 1 aliphatic heterocycles. The summed E-state index contributed by atoms with van der Waals surface area (Å²) in [5.74, 6) is 0. The number of aromatic nitrogens is 2. The average Bonchev–Trinajstić information content (AvgIpc) is 3.03. The van der Waals surface area contributed by atoms with Crippen molar-refractivity contribution in [1.29, 1.82) is 0 Å². The highest BCUT2D eigenvalue weighted by Gasteiger charge is 2.15. The van der Waals surface area contributed by atoms with Crippen molar-refractivity contribution in [3.05, 3.63) is 35.8 Å². The maximum atomic E-state index is 4.61. The van der Waals surface area contributed by atoms with E-state index in [1.165, 1.54) is 31.6 Å². The second-order valence-corrected chi connectivity index (χ2v) is 5.86. The third-order valence-electron chi connectivity index (χ3n) is 4.18. The van der Waals surface area contributed by atoms with Gasteiger partial charge in [0.1, 0.15) is 5.65 Å². The number of nitrogens with one attached hydrogen (secondary N) is 1. The van der Waals surface area contributed by atoms with Gasteiger partial charge in [0.05, 0.1) is 11.4 Å². The van der Waals surface area contributed by atoms with Gasteiger partial charge in [-0.25, -0.2) is 4.98 Å². The van der Waals surface area contributed by atoms with E-state index < -0.39 is 0 Å². The molecule has 3 heterocycles. The molecule has 20 heavy (non-hydrogen) atoms. The Balaban J connectivity index is 1.62. The number of nitrogens with zero attached hydrogens (tertiary/aromatic N) is 3. The van der Waals surface area contributed by atoms with Crippen molar-refractivity contribution >= 4 is 5.65 Å². The Hall–Kier alpha value is -1.39. The maximum Gasteiger partial charge on any atom is 0.137 e. The number of pyridine rings is 1. The van der Waals surface area contributed by atoms with Crippen molar-refractivity contribution in [1.82, 2.24) is 19.6 Å². The van der Waals surface area contributed by atoms with Crippen LogP contribution in [0.15, 0.2) is 24.4 Å². The molecule has 0 saturated carbocycles. The minimum atomic E-state index is 0.516. The lowest BCUT2D eigenvalue weighted by Gasteiger charge is -2.21. The van der Waals surface area contributed by atoms with E-state index in [0.29, 0.717) is 6.04 Å². The van der Waals surface area contributed by atoms with Crippen LogP contribution < -0.4 is 5.32 Å². The first kappa shape index (κ1) is 13.6. The summed E-state index contributed by atoms with van der Waals surface area (Å²) >= 11 is 0. The zero-order valence-electron chi connectivity index (χ0n) is 12.5. The average molecular weight is 272 g/mol. The maximum absolute atomic E-state index is 4.61. The monoisotopic (exact) mass is 272 g/mol. The molecular formula is C16H24N4. The van der Waals surface area contributed by atoms with Gasteiger partial charge in [0, 0.05) is 25.3 Å². The summed E-state index contributed by atoms with van der Waals surface area (Å²) in [6.45, 7) is 8.93. The molecule has 4 nitrogen and oxygen atoms in total. The number of rotatable bonds is 5. The summed E-state index contributed by atoms with van der Waals surface area (Å²) in [6, 6.07) is 6.67. The summed E-state index contributed by atoms with van der Waals surface area (Å²) < 4.78 is 2.19. The van der Waals surface area contributed by atoms with Crippen LogP contribution in [0.1, 0.15) is 31.2 Å². The molecule has 1 aliphatic rings. The van der Waals surface area contributed by atoms with Crippen molar-refractivity contribution in [2.75, 3.05) is 19.6 Å². The predicted molar refractivity (Wildman–Crippen MR) is 81.9 cm³/mol. The molecule has 0 amide bonds. The van der Waals surface area contributed by atoms with Crippen molar-refractivity contribution in [2.45, 2.75) is 39.3 Å². The minimum Gasteiger partial charge on any atom is -0.307 e. The number of hydrogen-bond donors (Lipinski definition) is 1. The van der Waals surface area contributed by atoms with Gasteiger partial charge in [-0.15, -0.1) is 0 Å². The topological polar surface area (TPSA) is 32.6 Å². The standard InChI is InChI=1S/C16H24N4/c1-13(12-19-8-5-6-9-19)17-11-15-14(2)18-16-7-3-4-10-20(15)16/h3-4,7,10,13,17H,5-6,8-9,11-12H2,1-2H3. The molecular weight excluding hydrogens is 248 g/mol. The van der Waals surface area contributed by atoms with Crippen LogP contribution in [0, 0.1) is 6.92 Å². The summed E-state index contributed by atoms with van der Waals surface area (Å²) in [5, 5.41) is 3.64. The van der Waals surface area contributed by atoms with E-state index in [9.17, 15) is 0 Å². The molecule has 0 aromatic carbocycles. The van der Waals surface area contributed by atoms with Gasteiger partial charge in [-0.05, 0) is 51.9 Å². The van der Waals surface area contributed by atoms with Gasteiger partial charge in [-0.1, -0.05) is 6.07 Å². The van der Waals surface area contributed by atoms with Crippen molar-refractivity contribution in [3.8, 4) is 0 Å². The first-order valence-corrected chi connectivity index (χ1v) is 7.62. The third-order valence-corrected chi connectivity index (χ3v) is 4.18.